The number of nitrogens with zero attached hydrogens (tertiary/aromatic N) is 3. The van der Waals surface area contributed by atoms with E-state index < -0.39 is 23.8 Å². The number of hydrogen-bond donors (Lipinski definition) is 1. The van der Waals surface area contributed by atoms with Gasteiger partial charge in [0.05, 0.1) is 12.8 Å². The molecule has 0 radical (unpaired) electrons. The molecule has 1 spiro atoms. The van der Waals surface area contributed by atoms with E-state index in [-0.39, 0.29) is 23.7 Å². The van der Waals surface area contributed by atoms with Gasteiger partial charge in [-0.05, 0) is 81.4 Å². The van der Waals surface area contributed by atoms with Crippen LogP contribution in [-0.4, -0.2) is 64.8 Å². The average Bonchev–Trinajstić information content (AvgIpc) is 3.47. The molecule has 1 aromatic carbocycles. The van der Waals surface area contributed by atoms with Crippen LogP contribution in [-0.2, 0) is 34.1 Å². The molecule has 2 saturated heterocycles. The van der Waals surface area contributed by atoms with Gasteiger partial charge in [0.2, 0.25) is 11.8 Å². The van der Waals surface area contributed by atoms with E-state index in [0.717, 1.165) is 69.3 Å². The zero-order valence-electron chi connectivity index (χ0n) is 22.8. The van der Waals surface area contributed by atoms with E-state index in [0.29, 0.717) is 36.4 Å². The number of rotatable bonds is 7. The first kappa shape index (κ1) is 27.7. The number of unbranched alkanes of at least 4 members (excludes halogenated alkanes) is 2. The molecule has 2 fully saturated rings. The van der Waals surface area contributed by atoms with Crippen LogP contribution < -0.4 is 10.1 Å². The standard InChI is InChI=1S/C30H33F3N4O4/c31-30(32,33)25-15-22-24(16-34-25)41-18-29(22)10-13-36(14-11-29)12-3-1-2-5-19-6-4-7-20-21(19)17-37(28(20)40)23-8-9-26(38)35-27(23)39/h4,6-7,15-16,23H,1-3,5,8-14,17-18H2,(H,35,38,39)/t23-/m0/s1. The number of aryl methyl sites for hydroxylation is 1. The summed E-state index contributed by atoms with van der Waals surface area (Å²) in [7, 11) is 0. The highest BCUT2D eigenvalue weighted by Crippen LogP contribution is 2.46. The smallest absolute Gasteiger partial charge is 0.433 e. The van der Waals surface area contributed by atoms with Gasteiger partial charge >= 0.3 is 6.18 Å². The van der Waals surface area contributed by atoms with Gasteiger partial charge in [-0.2, -0.15) is 13.2 Å². The number of halogens is 3. The van der Waals surface area contributed by atoms with Crippen molar-refractivity contribution < 1.29 is 32.3 Å². The predicted octanol–water partition coefficient (Wildman–Crippen LogP) is 4.00. The van der Waals surface area contributed by atoms with Crippen LogP contribution in [0.2, 0.25) is 0 Å². The second-order valence-corrected chi connectivity index (χ2v) is 11.6. The molecule has 4 aliphatic rings. The summed E-state index contributed by atoms with van der Waals surface area (Å²) in [4.78, 5) is 44.4. The lowest BCUT2D eigenvalue weighted by Crippen LogP contribution is -2.52. The maximum Gasteiger partial charge on any atom is 0.433 e. The number of alkyl halides is 3. The Balaban J connectivity index is 0.978. The Morgan fingerprint density at radius 2 is 1.90 bits per heavy atom. The highest BCUT2D eigenvalue weighted by Gasteiger charge is 2.45. The van der Waals surface area contributed by atoms with Gasteiger partial charge in [-0.25, -0.2) is 4.98 Å². The molecule has 0 aliphatic carbocycles. The fraction of sp³-hybridized carbons (Fsp3) is 0.533. The number of piperidine rings is 2. The summed E-state index contributed by atoms with van der Waals surface area (Å²) in [6.07, 6.45) is 2.68. The zero-order valence-corrected chi connectivity index (χ0v) is 22.8. The van der Waals surface area contributed by atoms with Gasteiger partial charge in [0.15, 0.2) is 0 Å². The first-order chi connectivity index (χ1) is 19.6. The lowest BCUT2D eigenvalue weighted by atomic mass is 9.74. The van der Waals surface area contributed by atoms with Crippen LogP contribution in [0.3, 0.4) is 0 Å². The molecule has 6 rings (SSSR count). The number of hydrogen-bond acceptors (Lipinski definition) is 6. The highest BCUT2D eigenvalue weighted by atomic mass is 19.4. The number of likely N-dealkylation sites (tertiary alicyclic amines) is 1. The molecule has 3 amide bonds. The Labute approximate surface area is 236 Å². The zero-order chi connectivity index (χ0) is 28.8. The Hall–Kier alpha value is -3.47. The number of fused-ring (bicyclic) bond motifs is 3. The Morgan fingerprint density at radius 1 is 1.10 bits per heavy atom. The second kappa shape index (κ2) is 10.7. The first-order valence-corrected chi connectivity index (χ1v) is 14.3. The van der Waals surface area contributed by atoms with Crippen molar-refractivity contribution in [3.8, 4) is 5.75 Å². The second-order valence-electron chi connectivity index (χ2n) is 11.6. The van der Waals surface area contributed by atoms with E-state index in [1.54, 1.807) is 4.90 Å². The van der Waals surface area contributed by atoms with Crippen molar-refractivity contribution in [1.82, 2.24) is 20.1 Å². The molecule has 1 atom stereocenters. The number of carbonyl (C=O) groups excluding carboxylic acids is 3. The fourth-order valence-corrected chi connectivity index (χ4v) is 6.75. The molecule has 11 heteroatoms. The maximum absolute atomic E-state index is 13.2. The number of aromatic nitrogens is 1. The summed E-state index contributed by atoms with van der Waals surface area (Å²) in [5.74, 6) is -0.378. The lowest BCUT2D eigenvalue weighted by molar-refractivity contribution is -0.141. The summed E-state index contributed by atoms with van der Waals surface area (Å²) in [6.45, 7) is 3.36. The minimum atomic E-state index is -4.47. The van der Waals surface area contributed by atoms with Crippen LogP contribution in [0.1, 0.15) is 77.7 Å². The number of ether oxygens (including phenoxy) is 1. The topological polar surface area (TPSA) is 91.8 Å². The van der Waals surface area contributed by atoms with Gasteiger partial charge in [0, 0.05) is 29.5 Å². The number of imide groups is 1. The van der Waals surface area contributed by atoms with Gasteiger partial charge in [0.1, 0.15) is 17.5 Å². The lowest BCUT2D eigenvalue weighted by Gasteiger charge is -2.38. The quantitative estimate of drug-likeness (QED) is 0.400. The number of amides is 3. The van der Waals surface area contributed by atoms with Crippen LogP contribution in [0, 0.1) is 0 Å². The van der Waals surface area contributed by atoms with Crippen LogP contribution in [0.5, 0.6) is 5.75 Å². The van der Waals surface area contributed by atoms with Crippen LogP contribution >= 0.6 is 0 Å². The Bertz CT molecular complexity index is 1370. The molecular weight excluding hydrogens is 537 g/mol. The van der Waals surface area contributed by atoms with Crippen LogP contribution in [0.25, 0.3) is 0 Å². The summed E-state index contributed by atoms with van der Waals surface area (Å²) < 4.78 is 45.4. The molecule has 2 aromatic rings. The minimum absolute atomic E-state index is 0.152. The van der Waals surface area contributed by atoms with Crippen molar-refractivity contribution in [3.63, 3.8) is 0 Å². The molecule has 0 saturated carbocycles. The van der Waals surface area contributed by atoms with Gasteiger partial charge in [0.25, 0.3) is 5.91 Å². The number of benzene rings is 1. The van der Waals surface area contributed by atoms with Gasteiger partial charge in [-0.1, -0.05) is 18.6 Å². The third-order valence-electron chi connectivity index (χ3n) is 9.15. The fourth-order valence-electron chi connectivity index (χ4n) is 6.75. The van der Waals surface area contributed by atoms with Gasteiger partial charge in [-0.3, -0.25) is 19.7 Å². The van der Waals surface area contributed by atoms with Gasteiger partial charge < -0.3 is 14.5 Å². The summed E-state index contributed by atoms with van der Waals surface area (Å²) in [5, 5.41) is 2.34. The summed E-state index contributed by atoms with van der Waals surface area (Å²) in [5.41, 5.74) is 2.15. The van der Waals surface area contributed by atoms with Crippen molar-refractivity contribution in [1.29, 1.82) is 0 Å². The SMILES string of the molecule is O=C1CC[C@H](N2Cc3c(CCCCCN4CCC5(CC4)COc4cnc(C(F)(F)F)cc45)cccc3C2=O)C(=O)N1. The Morgan fingerprint density at radius 3 is 2.66 bits per heavy atom. The van der Waals surface area contributed by atoms with Gasteiger partial charge in [-0.15, -0.1) is 0 Å². The van der Waals surface area contributed by atoms with Crippen molar-refractivity contribution in [2.75, 3.05) is 26.2 Å². The summed E-state index contributed by atoms with van der Waals surface area (Å²) in [6, 6.07) is 6.31. The molecule has 1 N–H and O–H groups in total. The van der Waals surface area contributed by atoms with Crippen molar-refractivity contribution >= 4 is 17.7 Å². The average molecular weight is 571 g/mol. The summed E-state index contributed by atoms with van der Waals surface area (Å²) >= 11 is 0. The van der Waals surface area contributed by atoms with E-state index in [1.165, 1.54) is 12.3 Å². The van der Waals surface area contributed by atoms with Crippen molar-refractivity contribution in [2.45, 2.75) is 75.5 Å². The first-order valence-electron chi connectivity index (χ1n) is 14.3. The van der Waals surface area contributed by atoms with E-state index in [9.17, 15) is 27.6 Å². The van der Waals surface area contributed by atoms with Crippen LogP contribution in [0.15, 0.2) is 30.5 Å². The minimum Gasteiger partial charge on any atom is -0.491 e. The van der Waals surface area contributed by atoms with E-state index in [2.05, 4.69) is 15.2 Å². The number of carbonyl (C=O) groups is 3. The normalized spacial score (nSPS) is 22.1. The molecular formula is C30H33F3N4O4. The molecule has 1 aromatic heterocycles. The number of pyridine rings is 1. The molecule has 0 bridgehead atoms. The molecule has 8 nitrogen and oxygen atoms in total. The largest absolute Gasteiger partial charge is 0.491 e. The predicted molar refractivity (Wildman–Crippen MR) is 142 cm³/mol. The monoisotopic (exact) mass is 570 g/mol. The number of nitrogens with one attached hydrogen (secondary N) is 1. The van der Waals surface area contributed by atoms with E-state index >= 15 is 0 Å². The maximum atomic E-state index is 13.2. The molecule has 41 heavy (non-hydrogen) atoms. The molecule has 5 heterocycles. The molecule has 4 aliphatic heterocycles. The molecule has 218 valence electrons. The Kier molecular flexibility index (Phi) is 7.25. The van der Waals surface area contributed by atoms with E-state index in [4.69, 9.17) is 4.74 Å². The third kappa shape index (κ3) is 5.31. The molecule has 0 unspecified atom stereocenters. The third-order valence-corrected chi connectivity index (χ3v) is 9.15. The van der Waals surface area contributed by atoms with Crippen molar-refractivity contribution in [3.05, 3.63) is 58.4 Å². The van der Waals surface area contributed by atoms with Crippen LogP contribution in [0.4, 0.5) is 13.2 Å². The highest BCUT2D eigenvalue weighted by molar-refractivity contribution is 6.05. The van der Waals surface area contributed by atoms with Crippen molar-refractivity contribution in [2.24, 2.45) is 0 Å². The van der Waals surface area contributed by atoms with E-state index in [1.807, 2.05) is 18.2 Å².